The van der Waals surface area contributed by atoms with Gasteiger partial charge in [0.15, 0.2) is 0 Å². The lowest BCUT2D eigenvalue weighted by Gasteiger charge is -2.35. The van der Waals surface area contributed by atoms with Crippen LogP contribution in [0.2, 0.25) is 0 Å². The van der Waals surface area contributed by atoms with Gasteiger partial charge in [0.2, 0.25) is 22.4 Å². The molecule has 0 amide bonds. The maximum Gasteiger partial charge on any atom is 0.333 e. The van der Waals surface area contributed by atoms with Gasteiger partial charge in [-0.3, -0.25) is 28.8 Å². The summed E-state index contributed by atoms with van der Waals surface area (Å²) < 4.78 is 25.0. The molecule has 0 fully saturated rings. The summed E-state index contributed by atoms with van der Waals surface area (Å²) in [6, 6.07) is 59.3. The van der Waals surface area contributed by atoms with Gasteiger partial charge in [0.05, 0.1) is 0 Å². The Kier molecular flexibility index (Phi) is 15.2. The number of thiophene rings is 2. The number of nitriles is 4. The molecule has 0 N–H and O–H groups in total. The van der Waals surface area contributed by atoms with Crippen molar-refractivity contribution in [2.24, 2.45) is 21.8 Å². The highest BCUT2D eigenvalue weighted by Gasteiger charge is 2.64. The van der Waals surface area contributed by atoms with Crippen LogP contribution in [0.15, 0.2) is 239 Å². The van der Waals surface area contributed by atoms with E-state index in [1.807, 2.05) is 60.7 Å². The van der Waals surface area contributed by atoms with Gasteiger partial charge in [-0.25, -0.2) is 9.98 Å². The van der Waals surface area contributed by atoms with Gasteiger partial charge in [-0.1, -0.05) is 194 Å². The Balaban J connectivity index is 0.978. The number of carbonyl (C=O) groups is 6. The van der Waals surface area contributed by atoms with Crippen LogP contribution in [0, 0.1) is 57.2 Å². The molecule has 8 aromatic rings. The number of ether oxygens (including phenoxy) is 4. The minimum Gasteiger partial charge on any atom is -0.459 e. The van der Waals surface area contributed by atoms with Gasteiger partial charge in [0.1, 0.15) is 83.3 Å². The number of carbonyl (C=O) groups excluding carboxylic acids is 6. The van der Waals surface area contributed by atoms with Gasteiger partial charge in [0.25, 0.3) is 0 Å². The van der Waals surface area contributed by atoms with E-state index < -0.39 is 58.1 Å². The molecule has 0 spiro atoms. The largest absolute Gasteiger partial charge is 0.459 e. The summed E-state index contributed by atoms with van der Waals surface area (Å²) in [6.45, 7) is -1.05. The van der Waals surface area contributed by atoms with E-state index in [0.29, 0.717) is 54.3 Å². The summed E-state index contributed by atoms with van der Waals surface area (Å²) in [4.78, 5) is 103. The Labute approximate surface area is 544 Å². The summed E-state index contributed by atoms with van der Waals surface area (Å²) in [7, 11) is 0. The number of hydrogen-bond acceptors (Lipinski definition) is 18. The van der Waals surface area contributed by atoms with Crippen molar-refractivity contribution in [2.75, 3.05) is 0 Å². The second kappa shape index (κ2) is 24.1. The second-order valence-electron chi connectivity index (χ2n) is 22.5. The van der Waals surface area contributed by atoms with E-state index in [0.717, 1.165) is 22.7 Å². The smallest absolute Gasteiger partial charge is 0.333 e. The number of nitrogens with zero attached hydrogens (tertiary/aromatic N) is 6. The number of benzene rings is 6. The Morgan fingerprint density at radius 1 is 0.404 bits per heavy atom. The van der Waals surface area contributed by atoms with Crippen molar-refractivity contribution in [1.82, 2.24) is 0 Å². The number of allylic oxidation sites excluding steroid dienone is 10. The Morgan fingerprint density at radius 2 is 0.691 bits per heavy atom. The predicted molar refractivity (Wildman–Crippen MR) is 348 cm³/mol. The van der Waals surface area contributed by atoms with E-state index in [4.69, 9.17) is 28.9 Å². The van der Waals surface area contributed by atoms with Crippen LogP contribution in [0.4, 0.5) is 10.0 Å². The number of aliphatic imine (C=N–C) groups is 2. The van der Waals surface area contributed by atoms with Crippen LogP contribution in [0.25, 0.3) is 22.3 Å². The minimum atomic E-state index is -2.39. The maximum atomic E-state index is 15.8. The van der Waals surface area contributed by atoms with Crippen molar-refractivity contribution in [3.63, 3.8) is 0 Å². The molecule has 2 atom stereocenters. The average Bonchev–Trinajstić information content (AvgIpc) is 1.53. The van der Waals surface area contributed by atoms with Crippen LogP contribution in [-0.4, -0.2) is 46.9 Å². The fraction of sp³-hybridized carbons (Fsp3) is 0.105. The summed E-state index contributed by atoms with van der Waals surface area (Å²) in [5.74, 6) is -6.63. The quantitative estimate of drug-likeness (QED) is 0.0424. The highest BCUT2D eigenvalue weighted by atomic mass is 32.1. The van der Waals surface area contributed by atoms with Crippen LogP contribution < -0.4 is 0 Å². The van der Waals surface area contributed by atoms with Crippen molar-refractivity contribution in [1.29, 1.82) is 21.0 Å². The van der Waals surface area contributed by atoms with Gasteiger partial charge >= 0.3 is 23.9 Å². The first-order valence-corrected chi connectivity index (χ1v) is 31.1. The average molecular weight is 1270 g/mol. The van der Waals surface area contributed by atoms with E-state index in [2.05, 4.69) is 0 Å². The van der Waals surface area contributed by atoms with Crippen LogP contribution in [0.3, 0.4) is 0 Å². The van der Waals surface area contributed by atoms with Gasteiger partial charge in [0, 0.05) is 55.0 Å². The predicted octanol–water partition coefficient (Wildman–Crippen LogP) is 13.4. The van der Waals surface area contributed by atoms with Crippen molar-refractivity contribution < 1.29 is 47.7 Å². The lowest BCUT2D eigenvalue weighted by Crippen LogP contribution is -2.47. The number of ketones is 2. The minimum absolute atomic E-state index is 0.0238. The van der Waals surface area contributed by atoms with E-state index in [9.17, 15) is 30.6 Å². The van der Waals surface area contributed by atoms with Crippen LogP contribution in [0.5, 0.6) is 0 Å². The molecular weight excluding hydrogens is 1220 g/mol. The summed E-state index contributed by atoms with van der Waals surface area (Å²) >= 11 is 2.09. The number of fused-ring (bicyclic) bond motifs is 9. The molecule has 18 heteroatoms. The van der Waals surface area contributed by atoms with E-state index in [1.165, 1.54) is 12.1 Å². The molecule has 0 bridgehead atoms. The highest BCUT2D eigenvalue weighted by Crippen LogP contribution is 2.63. The molecule has 0 aliphatic heterocycles. The van der Waals surface area contributed by atoms with Crippen molar-refractivity contribution in [3.05, 3.63) is 294 Å². The first-order valence-electron chi connectivity index (χ1n) is 29.5. The van der Waals surface area contributed by atoms with E-state index in [-0.39, 0.29) is 104 Å². The normalized spacial score (nSPS) is 17.7. The molecular formula is C76H44N6O10S2. The van der Waals surface area contributed by atoms with Crippen molar-refractivity contribution in [3.8, 4) is 24.3 Å². The molecule has 6 aromatic carbocycles. The molecule has 6 aliphatic carbocycles. The zero-order valence-electron chi connectivity index (χ0n) is 49.2. The third-order valence-electron chi connectivity index (χ3n) is 17.3. The molecule has 16 nitrogen and oxygen atoms in total. The number of rotatable bonds is 14. The van der Waals surface area contributed by atoms with Gasteiger partial charge in [-0.05, 0) is 67.8 Å². The summed E-state index contributed by atoms with van der Waals surface area (Å²) in [5.41, 5.74) is -0.925. The SMILES string of the molecule is N#CC(C#N)=C1/C(=N/c2cc3c(s2)C2=CC4C=C5C(=CC4C=C2C3(C(=O)OCc2ccccc2)C(=O)OCc2ccccc2)c2sc(/N=C3\C(=O)c4ccccc4C3=C(C#N)C#N)cc2C5(C(=O)OCc2ccccc2)C(=O)OCc2ccccc2)C(=O)c2ccccc21. The molecule has 450 valence electrons. The third kappa shape index (κ3) is 9.68. The van der Waals surface area contributed by atoms with Gasteiger partial charge < -0.3 is 18.9 Å². The Bertz CT molecular complexity index is 4630. The molecule has 6 aliphatic rings. The standard InChI is InChI=1S/C76H44N6O10S2/c77-35-49(36-78)63-51-25-13-15-27-53(51)67(83)65(63)81-61-33-59-69(93-61)55-29-48-32-58-56(30-47(48)31-57(55)75(59,71(85)89-39-43-17-5-1-6-18-43)72(86)90-40-44-19-7-2-8-20-44)70-60(34-62(94-70)82-66-64(50(37-79)38-80)52-26-14-16-28-54(52)68(66)84)76(58,73(87)91-41-45-21-9-3-10-22-45)74(88)92-42-46-23-11-4-12-24-46/h1-34,47-48H,39-42H2/b81-65-,82-66-. The lowest BCUT2D eigenvalue weighted by molar-refractivity contribution is -0.166. The topological polar surface area (TPSA) is 259 Å². The first-order chi connectivity index (χ1) is 45.9. The molecule has 0 saturated heterocycles. The Morgan fingerprint density at radius 3 is 0.989 bits per heavy atom. The van der Waals surface area contributed by atoms with Gasteiger partial charge in [-0.2, -0.15) is 21.0 Å². The fourth-order valence-electron chi connectivity index (χ4n) is 13.0. The zero-order chi connectivity index (χ0) is 64.8. The van der Waals surface area contributed by atoms with Gasteiger partial charge in [-0.15, -0.1) is 22.7 Å². The number of esters is 4. The zero-order valence-corrected chi connectivity index (χ0v) is 50.8. The molecule has 2 unspecified atom stereocenters. The molecule has 94 heavy (non-hydrogen) atoms. The van der Waals surface area contributed by atoms with Crippen molar-refractivity contribution >= 4 is 102 Å². The fourth-order valence-corrected chi connectivity index (χ4v) is 15.2. The Hall–Kier alpha value is -12.3. The molecule has 0 radical (unpaired) electrons. The second-order valence-corrected chi connectivity index (χ2v) is 24.6. The summed E-state index contributed by atoms with van der Waals surface area (Å²) in [5, 5.41) is 41.2. The number of hydrogen-bond donors (Lipinski definition) is 0. The van der Waals surface area contributed by atoms with Crippen molar-refractivity contribution in [2.45, 2.75) is 37.3 Å². The highest BCUT2D eigenvalue weighted by molar-refractivity contribution is 7.18. The summed E-state index contributed by atoms with van der Waals surface area (Å²) in [6.07, 6.45) is 7.24. The van der Waals surface area contributed by atoms with Crippen LogP contribution in [-0.2, 0) is 75.4 Å². The lowest BCUT2D eigenvalue weighted by atomic mass is 9.68. The maximum absolute atomic E-state index is 15.8. The monoisotopic (exact) mass is 1260 g/mol. The van der Waals surface area contributed by atoms with E-state index >= 15 is 19.2 Å². The molecule has 2 heterocycles. The molecule has 2 aromatic heterocycles. The van der Waals surface area contributed by atoms with Crippen LogP contribution >= 0.6 is 22.7 Å². The van der Waals surface area contributed by atoms with E-state index in [1.54, 1.807) is 158 Å². The molecule has 0 saturated carbocycles. The third-order valence-corrected chi connectivity index (χ3v) is 19.4. The molecule has 14 rings (SSSR count). The first kappa shape index (κ1) is 59.3. The number of Topliss-reactive ketones (excluding diaryl/α,β-unsaturated/α-hetero) is 2. The van der Waals surface area contributed by atoms with Crippen LogP contribution in [0.1, 0.15) is 75.0 Å².